The first-order valence-corrected chi connectivity index (χ1v) is 6.49. The van der Waals surface area contributed by atoms with Gasteiger partial charge in [-0.3, -0.25) is 4.79 Å². The molecule has 94 valence electrons. The van der Waals surface area contributed by atoms with E-state index in [0.717, 1.165) is 12.8 Å². The highest BCUT2D eigenvalue weighted by atomic mass is 16.1. The highest BCUT2D eigenvalue weighted by molar-refractivity contribution is 5.77. The van der Waals surface area contributed by atoms with Crippen molar-refractivity contribution in [2.75, 3.05) is 0 Å². The summed E-state index contributed by atoms with van der Waals surface area (Å²) in [6, 6.07) is -0.0211. The molecule has 3 N–H and O–H groups in total. The number of nitrogens with two attached hydrogens (primary N) is 1. The smallest absolute Gasteiger partial charge is 0.221 e. The number of nitrogens with one attached hydrogen (secondary N) is 1. The standard InChI is InChI=1S/C13H26N2O/c1-10(2)11(14)9-12(16)15-13(3)7-5-4-6-8-13/h10-11H,4-9,14H2,1-3H3,(H,15,16). The summed E-state index contributed by atoms with van der Waals surface area (Å²) in [5.74, 6) is 0.482. The summed E-state index contributed by atoms with van der Waals surface area (Å²) < 4.78 is 0. The number of hydrogen-bond donors (Lipinski definition) is 2. The predicted octanol–water partition coefficient (Wildman–Crippen LogP) is 2.20. The Kier molecular flexibility index (Phi) is 4.78. The molecule has 1 rings (SSSR count). The fourth-order valence-corrected chi connectivity index (χ4v) is 2.29. The SMILES string of the molecule is CC(C)C(N)CC(=O)NC1(C)CCCCC1. The molecule has 1 aliphatic carbocycles. The van der Waals surface area contributed by atoms with Crippen molar-refractivity contribution in [2.24, 2.45) is 11.7 Å². The second-order valence-electron chi connectivity index (χ2n) is 5.78. The van der Waals surface area contributed by atoms with Crippen molar-refractivity contribution in [1.29, 1.82) is 0 Å². The lowest BCUT2D eigenvalue weighted by atomic mass is 9.83. The van der Waals surface area contributed by atoms with Crippen LogP contribution >= 0.6 is 0 Å². The lowest BCUT2D eigenvalue weighted by Gasteiger charge is -2.35. The molecule has 3 heteroatoms. The normalized spacial score (nSPS) is 21.8. The Morgan fingerprint density at radius 1 is 1.31 bits per heavy atom. The van der Waals surface area contributed by atoms with Crippen LogP contribution in [0.4, 0.5) is 0 Å². The minimum absolute atomic E-state index is 0.0199. The molecule has 16 heavy (non-hydrogen) atoms. The van der Waals surface area contributed by atoms with Gasteiger partial charge in [0.05, 0.1) is 0 Å². The van der Waals surface area contributed by atoms with Crippen molar-refractivity contribution < 1.29 is 4.79 Å². The van der Waals surface area contributed by atoms with Crippen molar-refractivity contribution in [1.82, 2.24) is 5.32 Å². The zero-order valence-electron chi connectivity index (χ0n) is 10.9. The molecule has 0 aromatic heterocycles. The molecular weight excluding hydrogens is 200 g/mol. The average molecular weight is 226 g/mol. The maximum absolute atomic E-state index is 11.8. The van der Waals surface area contributed by atoms with Gasteiger partial charge in [0.1, 0.15) is 0 Å². The molecule has 0 bridgehead atoms. The molecule has 0 aromatic rings. The van der Waals surface area contributed by atoms with E-state index in [0.29, 0.717) is 12.3 Å². The van der Waals surface area contributed by atoms with Crippen LogP contribution in [0.2, 0.25) is 0 Å². The quantitative estimate of drug-likeness (QED) is 0.772. The summed E-state index contributed by atoms with van der Waals surface area (Å²) in [6.07, 6.45) is 6.43. The predicted molar refractivity (Wildman–Crippen MR) is 67.1 cm³/mol. The van der Waals surface area contributed by atoms with Gasteiger partial charge in [0.25, 0.3) is 0 Å². The van der Waals surface area contributed by atoms with Crippen LogP contribution in [-0.4, -0.2) is 17.5 Å². The summed E-state index contributed by atoms with van der Waals surface area (Å²) in [6.45, 7) is 6.27. The number of amides is 1. The van der Waals surface area contributed by atoms with Crippen molar-refractivity contribution in [3.63, 3.8) is 0 Å². The van der Waals surface area contributed by atoms with Crippen molar-refractivity contribution in [2.45, 2.75) is 70.9 Å². The van der Waals surface area contributed by atoms with E-state index in [1.54, 1.807) is 0 Å². The molecule has 0 heterocycles. The first-order chi connectivity index (χ1) is 7.43. The molecule has 0 saturated heterocycles. The maximum Gasteiger partial charge on any atom is 0.221 e. The summed E-state index contributed by atoms with van der Waals surface area (Å²) in [4.78, 5) is 11.8. The topological polar surface area (TPSA) is 55.1 Å². The Hall–Kier alpha value is -0.570. The van der Waals surface area contributed by atoms with Crippen LogP contribution in [0.3, 0.4) is 0 Å². The van der Waals surface area contributed by atoms with Gasteiger partial charge < -0.3 is 11.1 Å². The number of hydrogen-bond acceptors (Lipinski definition) is 2. The molecule has 0 aromatic carbocycles. The van der Waals surface area contributed by atoms with Crippen LogP contribution in [-0.2, 0) is 4.79 Å². The summed E-state index contributed by atoms with van der Waals surface area (Å²) in [5, 5.41) is 3.16. The third kappa shape index (κ3) is 4.12. The summed E-state index contributed by atoms with van der Waals surface area (Å²) in [5.41, 5.74) is 5.92. The molecule has 0 radical (unpaired) electrons. The van der Waals surface area contributed by atoms with E-state index in [4.69, 9.17) is 5.73 Å². The second kappa shape index (κ2) is 5.67. The van der Waals surface area contributed by atoms with E-state index in [9.17, 15) is 4.79 Å². The number of carbonyl (C=O) groups is 1. The van der Waals surface area contributed by atoms with Crippen molar-refractivity contribution >= 4 is 5.91 Å². The van der Waals surface area contributed by atoms with Gasteiger partial charge in [0.15, 0.2) is 0 Å². The van der Waals surface area contributed by atoms with Gasteiger partial charge in [0.2, 0.25) is 5.91 Å². The number of carbonyl (C=O) groups excluding carboxylic acids is 1. The largest absolute Gasteiger partial charge is 0.351 e. The van der Waals surface area contributed by atoms with E-state index < -0.39 is 0 Å². The Morgan fingerprint density at radius 2 is 1.88 bits per heavy atom. The number of rotatable bonds is 4. The molecule has 1 aliphatic rings. The molecule has 1 saturated carbocycles. The van der Waals surface area contributed by atoms with Crippen molar-refractivity contribution in [3.05, 3.63) is 0 Å². The Morgan fingerprint density at radius 3 is 2.38 bits per heavy atom. The van der Waals surface area contributed by atoms with Crippen LogP contribution < -0.4 is 11.1 Å². The fourth-order valence-electron chi connectivity index (χ4n) is 2.29. The molecular formula is C13H26N2O. The zero-order valence-corrected chi connectivity index (χ0v) is 10.9. The minimum Gasteiger partial charge on any atom is -0.351 e. The molecule has 1 fully saturated rings. The maximum atomic E-state index is 11.8. The van der Waals surface area contributed by atoms with Gasteiger partial charge in [-0.15, -0.1) is 0 Å². The molecule has 3 nitrogen and oxygen atoms in total. The van der Waals surface area contributed by atoms with Gasteiger partial charge in [-0.05, 0) is 25.7 Å². The molecule has 1 atom stereocenters. The summed E-state index contributed by atoms with van der Waals surface area (Å²) >= 11 is 0. The van der Waals surface area contributed by atoms with E-state index >= 15 is 0 Å². The third-order valence-corrected chi connectivity index (χ3v) is 3.68. The molecule has 0 aliphatic heterocycles. The fraction of sp³-hybridized carbons (Fsp3) is 0.923. The van der Waals surface area contributed by atoms with Gasteiger partial charge >= 0.3 is 0 Å². The van der Waals surface area contributed by atoms with E-state index in [1.807, 2.05) is 0 Å². The van der Waals surface area contributed by atoms with Gasteiger partial charge in [-0.2, -0.15) is 0 Å². The first-order valence-electron chi connectivity index (χ1n) is 6.49. The van der Waals surface area contributed by atoms with Gasteiger partial charge in [-0.1, -0.05) is 33.1 Å². The van der Waals surface area contributed by atoms with E-state index in [1.165, 1.54) is 19.3 Å². The minimum atomic E-state index is -0.0211. The zero-order chi connectivity index (χ0) is 12.2. The Balaban J connectivity index is 2.38. The van der Waals surface area contributed by atoms with Gasteiger partial charge in [0, 0.05) is 18.0 Å². The average Bonchev–Trinajstić information content (AvgIpc) is 2.17. The Bertz CT molecular complexity index is 232. The lowest BCUT2D eigenvalue weighted by molar-refractivity contribution is -0.123. The van der Waals surface area contributed by atoms with Crippen LogP contribution in [0.5, 0.6) is 0 Å². The first kappa shape index (κ1) is 13.5. The van der Waals surface area contributed by atoms with E-state index in [-0.39, 0.29) is 17.5 Å². The molecule has 0 spiro atoms. The lowest BCUT2D eigenvalue weighted by Crippen LogP contribution is -2.48. The third-order valence-electron chi connectivity index (χ3n) is 3.68. The van der Waals surface area contributed by atoms with E-state index in [2.05, 4.69) is 26.1 Å². The molecule has 1 unspecified atom stereocenters. The van der Waals surface area contributed by atoms with Crippen LogP contribution in [0.1, 0.15) is 59.3 Å². The van der Waals surface area contributed by atoms with Crippen molar-refractivity contribution in [3.8, 4) is 0 Å². The van der Waals surface area contributed by atoms with Crippen LogP contribution in [0.15, 0.2) is 0 Å². The van der Waals surface area contributed by atoms with Gasteiger partial charge in [-0.25, -0.2) is 0 Å². The Labute approximate surface area is 99.2 Å². The molecule has 1 amide bonds. The highest BCUT2D eigenvalue weighted by Crippen LogP contribution is 2.27. The van der Waals surface area contributed by atoms with Crippen LogP contribution in [0, 0.1) is 5.92 Å². The second-order valence-corrected chi connectivity index (χ2v) is 5.78. The van der Waals surface area contributed by atoms with Crippen LogP contribution in [0.25, 0.3) is 0 Å². The summed E-state index contributed by atoms with van der Waals surface area (Å²) in [7, 11) is 0. The monoisotopic (exact) mass is 226 g/mol. The highest BCUT2D eigenvalue weighted by Gasteiger charge is 2.28.